The van der Waals surface area contributed by atoms with Gasteiger partial charge in [-0.1, -0.05) is 6.07 Å². The number of aromatic nitrogens is 3. The maximum absolute atomic E-state index is 12.6. The van der Waals surface area contributed by atoms with Crippen molar-refractivity contribution < 1.29 is 19.0 Å². The summed E-state index contributed by atoms with van der Waals surface area (Å²) in [4.78, 5) is 17.2. The van der Waals surface area contributed by atoms with Crippen LogP contribution < -0.4 is 19.5 Å². The van der Waals surface area contributed by atoms with Gasteiger partial charge in [-0.15, -0.1) is 0 Å². The van der Waals surface area contributed by atoms with Crippen LogP contribution in [0.2, 0.25) is 0 Å². The van der Waals surface area contributed by atoms with Crippen LogP contribution in [0.1, 0.15) is 10.5 Å². The average molecular weight is 404 g/mol. The highest BCUT2D eigenvalue weighted by atomic mass is 16.5. The van der Waals surface area contributed by atoms with Gasteiger partial charge in [0.2, 0.25) is 0 Å². The molecule has 1 N–H and O–H groups in total. The second-order valence-electron chi connectivity index (χ2n) is 6.40. The van der Waals surface area contributed by atoms with Gasteiger partial charge < -0.3 is 19.5 Å². The van der Waals surface area contributed by atoms with E-state index in [1.54, 1.807) is 62.4 Å². The van der Waals surface area contributed by atoms with Gasteiger partial charge in [0.1, 0.15) is 5.75 Å². The lowest BCUT2D eigenvalue weighted by molar-refractivity contribution is 0.102. The second-order valence-corrected chi connectivity index (χ2v) is 6.40. The van der Waals surface area contributed by atoms with Crippen LogP contribution in [-0.2, 0) is 0 Å². The number of hydrogen-bond acceptors (Lipinski definition) is 6. The lowest BCUT2D eigenvalue weighted by atomic mass is 10.1. The van der Waals surface area contributed by atoms with Crippen LogP contribution in [0.25, 0.3) is 16.9 Å². The van der Waals surface area contributed by atoms with Crippen LogP contribution in [0.15, 0.2) is 60.8 Å². The first kappa shape index (κ1) is 19.3. The van der Waals surface area contributed by atoms with Gasteiger partial charge in [-0.25, -0.2) is 9.50 Å². The predicted octanol–water partition coefficient (Wildman–Crippen LogP) is 3.67. The normalized spacial score (nSPS) is 10.6. The number of amides is 1. The van der Waals surface area contributed by atoms with Crippen LogP contribution >= 0.6 is 0 Å². The number of methoxy groups -OCH3 is 3. The van der Waals surface area contributed by atoms with E-state index in [1.807, 2.05) is 24.3 Å². The van der Waals surface area contributed by atoms with Crippen molar-refractivity contribution in [3.63, 3.8) is 0 Å². The monoisotopic (exact) mass is 404 g/mol. The van der Waals surface area contributed by atoms with Gasteiger partial charge in [0.25, 0.3) is 5.91 Å². The van der Waals surface area contributed by atoms with Gasteiger partial charge in [-0.2, -0.15) is 5.10 Å². The van der Waals surface area contributed by atoms with E-state index in [2.05, 4.69) is 15.4 Å². The smallest absolute Gasteiger partial charge is 0.276 e. The summed E-state index contributed by atoms with van der Waals surface area (Å²) in [6.07, 6.45) is 1.76. The summed E-state index contributed by atoms with van der Waals surface area (Å²) in [6.45, 7) is 0. The van der Waals surface area contributed by atoms with Crippen LogP contribution in [0.3, 0.4) is 0 Å². The molecule has 0 bridgehead atoms. The van der Waals surface area contributed by atoms with Gasteiger partial charge in [0.05, 0.1) is 27.0 Å². The average Bonchev–Trinajstić information content (AvgIpc) is 3.22. The highest BCUT2D eigenvalue weighted by molar-refractivity contribution is 6.03. The molecule has 2 heterocycles. The molecule has 1 amide bonds. The van der Waals surface area contributed by atoms with Crippen LogP contribution in [0, 0.1) is 0 Å². The first-order valence-electron chi connectivity index (χ1n) is 9.15. The Morgan fingerprint density at radius 3 is 2.53 bits per heavy atom. The number of fused-ring (bicyclic) bond motifs is 1. The Bertz CT molecular complexity index is 1220. The van der Waals surface area contributed by atoms with Crippen molar-refractivity contribution in [1.29, 1.82) is 0 Å². The van der Waals surface area contributed by atoms with Gasteiger partial charge in [0, 0.05) is 29.6 Å². The summed E-state index contributed by atoms with van der Waals surface area (Å²) in [7, 11) is 4.75. The summed E-state index contributed by atoms with van der Waals surface area (Å²) >= 11 is 0. The Morgan fingerprint density at radius 2 is 1.77 bits per heavy atom. The Morgan fingerprint density at radius 1 is 0.933 bits per heavy atom. The number of rotatable bonds is 6. The van der Waals surface area contributed by atoms with Crippen molar-refractivity contribution in [3.05, 3.63) is 66.5 Å². The van der Waals surface area contributed by atoms with E-state index in [4.69, 9.17) is 14.2 Å². The highest BCUT2D eigenvalue weighted by Crippen LogP contribution is 2.31. The standard InChI is InChI=1S/C22H20N4O4/c1-28-16-6-4-5-15(12-16)23-22(27)18-13-21-24-17(9-10-26(21)25-18)14-7-8-19(29-2)20(11-14)30-3/h4-13H,1-3H3,(H,23,27). The molecule has 0 atom stereocenters. The summed E-state index contributed by atoms with van der Waals surface area (Å²) in [5.74, 6) is 1.58. The number of ether oxygens (including phenoxy) is 3. The Labute approximate surface area is 173 Å². The van der Waals surface area contributed by atoms with E-state index in [0.29, 0.717) is 28.6 Å². The molecular formula is C22H20N4O4. The molecule has 2 aromatic carbocycles. The molecule has 0 fully saturated rings. The molecule has 0 saturated carbocycles. The van der Waals surface area contributed by atoms with Crippen molar-refractivity contribution in [2.24, 2.45) is 0 Å². The van der Waals surface area contributed by atoms with Crippen molar-refractivity contribution in [2.45, 2.75) is 0 Å². The fourth-order valence-electron chi connectivity index (χ4n) is 3.04. The molecule has 4 aromatic rings. The third-order valence-electron chi connectivity index (χ3n) is 4.56. The third-order valence-corrected chi connectivity index (χ3v) is 4.56. The van der Waals surface area contributed by atoms with Crippen molar-refractivity contribution >= 4 is 17.2 Å². The molecule has 0 saturated heterocycles. The number of nitrogens with one attached hydrogen (secondary N) is 1. The molecule has 0 aliphatic rings. The number of hydrogen-bond donors (Lipinski definition) is 1. The number of carbonyl (C=O) groups is 1. The first-order valence-corrected chi connectivity index (χ1v) is 9.15. The number of carbonyl (C=O) groups excluding carboxylic acids is 1. The van der Waals surface area contributed by atoms with E-state index in [9.17, 15) is 4.79 Å². The van der Waals surface area contributed by atoms with Crippen molar-refractivity contribution in [1.82, 2.24) is 14.6 Å². The van der Waals surface area contributed by atoms with Crippen molar-refractivity contribution in [3.8, 4) is 28.5 Å². The first-order chi connectivity index (χ1) is 14.6. The molecular weight excluding hydrogens is 384 g/mol. The molecule has 8 heteroatoms. The number of nitrogens with zero attached hydrogens (tertiary/aromatic N) is 3. The molecule has 8 nitrogen and oxygen atoms in total. The maximum atomic E-state index is 12.6. The Balaban J connectivity index is 1.61. The molecule has 0 unspecified atom stereocenters. The molecule has 152 valence electrons. The number of benzene rings is 2. The topological polar surface area (TPSA) is 87.0 Å². The van der Waals surface area contributed by atoms with Gasteiger partial charge in [0.15, 0.2) is 22.8 Å². The summed E-state index contributed by atoms with van der Waals surface area (Å²) in [5.41, 5.74) is 3.02. The zero-order chi connectivity index (χ0) is 21.1. The highest BCUT2D eigenvalue weighted by Gasteiger charge is 2.14. The van der Waals surface area contributed by atoms with Gasteiger partial charge in [-0.3, -0.25) is 4.79 Å². The molecule has 0 aliphatic carbocycles. The quantitative estimate of drug-likeness (QED) is 0.528. The van der Waals surface area contributed by atoms with E-state index < -0.39 is 0 Å². The summed E-state index contributed by atoms with van der Waals surface area (Å²) in [5, 5.41) is 7.13. The minimum Gasteiger partial charge on any atom is -0.497 e. The minimum atomic E-state index is -0.332. The van der Waals surface area contributed by atoms with E-state index in [-0.39, 0.29) is 11.6 Å². The van der Waals surface area contributed by atoms with Crippen molar-refractivity contribution in [2.75, 3.05) is 26.6 Å². The van der Waals surface area contributed by atoms with E-state index >= 15 is 0 Å². The minimum absolute atomic E-state index is 0.259. The zero-order valence-corrected chi connectivity index (χ0v) is 16.7. The third kappa shape index (κ3) is 3.75. The van der Waals surface area contributed by atoms with Crippen LogP contribution in [-0.4, -0.2) is 41.8 Å². The predicted molar refractivity (Wildman–Crippen MR) is 112 cm³/mol. The fraction of sp³-hybridized carbons (Fsp3) is 0.136. The Kier molecular flexibility index (Phi) is 5.21. The van der Waals surface area contributed by atoms with Crippen LogP contribution in [0.4, 0.5) is 5.69 Å². The van der Waals surface area contributed by atoms with Gasteiger partial charge in [-0.05, 0) is 36.4 Å². The van der Waals surface area contributed by atoms with E-state index in [0.717, 1.165) is 11.3 Å². The van der Waals surface area contributed by atoms with Crippen LogP contribution in [0.5, 0.6) is 17.2 Å². The molecule has 30 heavy (non-hydrogen) atoms. The molecule has 0 spiro atoms. The van der Waals surface area contributed by atoms with E-state index in [1.165, 1.54) is 0 Å². The second kappa shape index (κ2) is 8.12. The molecule has 4 rings (SSSR count). The zero-order valence-electron chi connectivity index (χ0n) is 16.7. The lowest BCUT2D eigenvalue weighted by Crippen LogP contribution is -2.12. The summed E-state index contributed by atoms with van der Waals surface area (Å²) in [6, 6.07) is 16.2. The Hall–Kier alpha value is -4.07. The van der Waals surface area contributed by atoms with Gasteiger partial charge >= 0.3 is 0 Å². The lowest BCUT2D eigenvalue weighted by Gasteiger charge is -2.09. The molecule has 0 radical (unpaired) electrons. The molecule has 2 aromatic heterocycles. The maximum Gasteiger partial charge on any atom is 0.276 e. The fourth-order valence-corrected chi connectivity index (χ4v) is 3.04. The summed E-state index contributed by atoms with van der Waals surface area (Å²) < 4.78 is 17.4. The largest absolute Gasteiger partial charge is 0.497 e. The SMILES string of the molecule is COc1cccc(NC(=O)c2cc3nc(-c4ccc(OC)c(OC)c4)ccn3n2)c1. The molecule has 0 aliphatic heterocycles. The number of anilines is 1.